The number of carboxylic acids is 1. The molecule has 0 saturated heterocycles. The van der Waals surface area contributed by atoms with Crippen LogP contribution in [0.5, 0.6) is 5.75 Å². The summed E-state index contributed by atoms with van der Waals surface area (Å²) in [6.07, 6.45) is 0. The van der Waals surface area contributed by atoms with Crippen molar-refractivity contribution < 1.29 is 14.6 Å². The van der Waals surface area contributed by atoms with Gasteiger partial charge < -0.3 is 15.6 Å². The third kappa shape index (κ3) is 3.20. The van der Waals surface area contributed by atoms with Gasteiger partial charge in [0.25, 0.3) is 0 Å². The molecule has 0 saturated carbocycles. The summed E-state index contributed by atoms with van der Waals surface area (Å²) in [5, 5.41) is 9.02. The Balaban J connectivity index is 2.22. The lowest BCUT2D eigenvalue weighted by Crippen LogP contribution is -2.01. The lowest BCUT2D eigenvalue weighted by Gasteiger charge is -2.06. The lowest BCUT2D eigenvalue weighted by molar-refractivity contribution is 0.0698. The van der Waals surface area contributed by atoms with E-state index in [1.807, 2.05) is 24.3 Å². The maximum absolute atomic E-state index is 11.0. The van der Waals surface area contributed by atoms with Crippen molar-refractivity contribution in [1.82, 2.24) is 0 Å². The zero-order valence-corrected chi connectivity index (χ0v) is 11.1. The van der Waals surface area contributed by atoms with Gasteiger partial charge in [0.05, 0.1) is 12.7 Å². The summed E-state index contributed by atoms with van der Waals surface area (Å²) in [5.41, 5.74) is 6.01. The molecule has 0 spiro atoms. The van der Waals surface area contributed by atoms with E-state index in [0.717, 1.165) is 15.5 Å². The molecule has 0 aliphatic carbocycles. The van der Waals surface area contributed by atoms with Crippen LogP contribution < -0.4 is 10.5 Å². The van der Waals surface area contributed by atoms with Gasteiger partial charge in [-0.15, -0.1) is 0 Å². The van der Waals surface area contributed by atoms with Crippen molar-refractivity contribution in [3.05, 3.63) is 48.0 Å². The van der Waals surface area contributed by atoms with E-state index < -0.39 is 5.97 Å². The molecule has 2 rings (SSSR count). The van der Waals surface area contributed by atoms with Gasteiger partial charge >= 0.3 is 5.97 Å². The quantitative estimate of drug-likeness (QED) is 0.839. The third-order valence-corrected chi connectivity index (χ3v) is 3.55. The summed E-state index contributed by atoms with van der Waals surface area (Å²) in [5.74, 6) is -0.234. The minimum Gasteiger partial charge on any atom is -0.497 e. The fraction of sp³-hybridized carbons (Fsp3) is 0.0714. The number of nitrogen functional groups attached to an aromatic ring is 1. The second-order valence-corrected chi connectivity index (χ2v) is 4.98. The van der Waals surface area contributed by atoms with E-state index in [9.17, 15) is 4.79 Å². The summed E-state index contributed by atoms with van der Waals surface area (Å²) in [6, 6.07) is 12.5. The van der Waals surface area contributed by atoms with Crippen LogP contribution in [0.1, 0.15) is 10.4 Å². The number of nitrogens with two attached hydrogens (primary N) is 1. The molecular weight excluding hydrogens is 262 g/mol. The number of rotatable bonds is 4. The highest BCUT2D eigenvalue weighted by Gasteiger charge is 2.09. The van der Waals surface area contributed by atoms with Crippen LogP contribution in [0.15, 0.2) is 52.3 Å². The molecule has 2 aromatic rings. The Morgan fingerprint density at radius 3 is 2.37 bits per heavy atom. The number of methoxy groups -OCH3 is 1. The van der Waals surface area contributed by atoms with Crippen molar-refractivity contribution in [3.63, 3.8) is 0 Å². The Morgan fingerprint density at radius 1 is 1.16 bits per heavy atom. The number of aromatic carboxylic acids is 1. The van der Waals surface area contributed by atoms with Gasteiger partial charge in [0, 0.05) is 15.5 Å². The zero-order chi connectivity index (χ0) is 13.8. The molecule has 0 fully saturated rings. The van der Waals surface area contributed by atoms with Crippen LogP contribution in [0, 0.1) is 0 Å². The molecular formula is C14H13NO3S. The first-order valence-electron chi connectivity index (χ1n) is 5.55. The first-order valence-corrected chi connectivity index (χ1v) is 6.36. The number of hydrogen-bond acceptors (Lipinski definition) is 4. The molecule has 2 aromatic carbocycles. The molecule has 0 amide bonds. The summed E-state index contributed by atoms with van der Waals surface area (Å²) in [6.45, 7) is 0. The molecule has 98 valence electrons. The second kappa shape index (κ2) is 5.67. The van der Waals surface area contributed by atoms with Crippen LogP contribution in [0.25, 0.3) is 0 Å². The minimum absolute atomic E-state index is 0.124. The Hall–Kier alpha value is -2.14. The van der Waals surface area contributed by atoms with Gasteiger partial charge in [-0.2, -0.15) is 0 Å². The van der Waals surface area contributed by atoms with E-state index in [4.69, 9.17) is 15.6 Å². The topological polar surface area (TPSA) is 72.5 Å². The van der Waals surface area contributed by atoms with E-state index in [-0.39, 0.29) is 11.3 Å². The molecule has 5 heteroatoms. The van der Waals surface area contributed by atoms with E-state index >= 15 is 0 Å². The van der Waals surface area contributed by atoms with Crippen LogP contribution in [-0.2, 0) is 0 Å². The molecule has 0 unspecified atom stereocenters. The number of hydrogen-bond donors (Lipinski definition) is 2. The van der Waals surface area contributed by atoms with Gasteiger partial charge in [-0.25, -0.2) is 4.79 Å². The van der Waals surface area contributed by atoms with Crippen LogP contribution in [0.2, 0.25) is 0 Å². The van der Waals surface area contributed by atoms with Crippen LogP contribution in [0.4, 0.5) is 5.69 Å². The average Bonchev–Trinajstić information content (AvgIpc) is 2.41. The van der Waals surface area contributed by atoms with Gasteiger partial charge in [0.15, 0.2) is 0 Å². The molecule has 0 heterocycles. The minimum atomic E-state index is -1.02. The van der Waals surface area contributed by atoms with E-state index in [1.165, 1.54) is 11.8 Å². The number of carboxylic acid groups (broad SMARTS) is 1. The number of anilines is 1. The van der Waals surface area contributed by atoms with E-state index in [1.54, 1.807) is 25.3 Å². The standard InChI is InChI=1S/C14H13NO3S/c1-18-9-2-4-10(5-3-9)19-11-6-7-13(15)12(8-11)14(16)17/h2-8H,15H2,1H3,(H,16,17). The lowest BCUT2D eigenvalue weighted by atomic mass is 10.2. The van der Waals surface area contributed by atoms with Gasteiger partial charge in [0.1, 0.15) is 5.75 Å². The molecule has 0 aliphatic rings. The number of carbonyl (C=O) groups is 1. The van der Waals surface area contributed by atoms with Gasteiger partial charge in [-0.05, 0) is 42.5 Å². The summed E-state index contributed by atoms with van der Waals surface area (Å²) < 4.78 is 5.08. The highest BCUT2D eigenvalue weighted by Crippen LogP contribution is 2.30. The normalized spacial score (nSPS) is 10.2. The second-order valence-electron chi connectivity index (χ2n) is 3.83. The summed E-state index contributed by atoms with van der Waals surface area (Å²) in [4.78, 5) is 12.8. The van der Waals surface area contributed by atoms with Crippen LogP contribution in [0.3, 0.4) is 0 Å². The maximum atomic E-state index is 11.0. The van der Waals surface area contributed by atoms with E-state index in [2.05, 4.69) is 0 Å². The predicted octanol–water partition coefficient (Wildman–Crippen LogP) is 3.13. The molecule has 3 N–H and O–H groups in total. The molecule has 0 bridgehead atoms. The monoisotopic (exact) mass is 275 g/mol. The fourth-order valence-corrected chi connectivity index (χ4v) is 2.42. The molecule has 0 radical (unpaired) electrons. The molecule has 0 aliphatic heterocycles. The summed E-state index contributed by atoms with van der Waals surface area (Å²) in [7, 11) is 1.61. The van der Waals surface area contributed by atoms with E-state index in [0.29, 0.717) is 0 Å². The summed E-state index contributed by atoms with van der Waals surface area (Å²) >= 11 is 1.47. The zero-order valence-electron chi connectivity index (χ0n) is 10.3. The van der Waals surface area contributed by atoms with Crippen LogP contribution in [-0.4, -0.2) is 18.2 Å². The SMILES string of the molecule is COc1ccc(Sc2ccc(N)c(C(=O)O)c2)cc1. The first-order chi connectivity index (χ1) is 9.10. The number of benzene rings is 2. The van der Waals surface area contributed by atoms with Crippen molar-refractivity contribution in [1.29, 1.82) is 0 Å². The average molecular weight is 275 g/mol. The van der Waals surface area contributed by atoms with Crippen molar-refractivity contribution in [2.45, 2.75) is 9.79 Å². The Bertz CT molecular complexity index is 596. The highest BCUT2D eigenvalue weighted by molar-refractivity contribution is 7.99. The largest absolute Gasteiger partial charge is 0.497 e. The molecule has 0 atom stereocenters. The first kappa shape index (κ1) is 13.3. The Morgan fingerprint density at radius 2 is 1.79 bits per heavy atom. The third-order valence-electron chi connectivity index (χ3n) is 2.55. The number of ether oxygens (including phenoxy) is 1. The van der Waals surface area contributed by atoms with Crippen LogP contribution >= 0.6 is 11.8 Å². The predicted molar refractivity (Wildman–Crippen MR) is 74.9 cm³/mol. The maximum Gasteiger partial charge on any atom is 0.337 e. The van der Waals surface area contributed by atoms with Crippen molar-refractivity contribution in [3.8, 4) is 5.75 Å². The molecule has 0 aromatic heterocycles. The van der Waals surface area contributed by atoms with Gasteiger partial charge in [-0.3, -0.25) is 0 Å². The smallest absolute Gasteiger partial charge is 0.337 e. The van der Waals surface area contributed by atoms with Gasteiger partial charge in [0.2, 0.25) is 0 Å². The fourth-order valence-electron chi connectivity index (χ4n) is 1.56. The Labute approximate surface area is 115 Å². The van der Waals surface area contributed by atoms with Crippen molar-refractivity contribution in [2.24, 2.45) is 0 Å². The molecule has 4 nitrogen and oxygen atoms in total. The Kier molecular flexibility index (Phi) is 3.97. The van der Waals surface area contributed by atoms with Crippen molar-refractivity contribution >= 4 is 23.4 Å². The highest BCUT2D eigenvalue weighted by atomic mass is 32.2. The van der Waals surface area contributed by atoms with Gasteiger partial charge in [-0.1, -0.05) is 11.8 Å². The van der Waals surface area contributed by atoms with Crippen molar-refractivity contribution in [2.75, 3.05) is 12.8 Å². The molecule has 19 heavy (non-hydrogen) atoms.